The van der Waals surface area contributed by atoms with E-state index in [1.807, 2.05) is 20.8 Å². The molecule has 0 spiro atoms. The third-order valence-electron chi connectivity index (χ3n) is 2.96. The Hall–Kier alpha value is -1.03. The van der Waals surface area contributed by atoms with Crippen LogP contribution in [0.1, 0.15) is 35.1 Å². The number of nitrogens with one attached hydrogen (secondary N) is 1. The van der Waals surface area contributed by atoms with Gasteiger partial charge in [-0.2, -0.15) is 13.2 Å². The van der Waals surface area contributed by atoms with Gasteiger partial charge < -0.3 is 5.32 Å². The fourth-order valence-corrected chi connectivity index (χ4v) is 2.12. The van der Waals surface area contributed by atoms with Crippen molar-refractivity contribution >= 4 is 0 Å². The molecule has 1 aromatic carbocycles. The van der Waals surface area contributed by atoms with Crippen LogP contribution < -0.4 is 5.32 Å². The molecule has 0 radical (unpaired) electrons. The number of rotatable bonds is 5. The van der Waals surface area contributed by atoms with Gasteiger partial charge in [-0.15, -0.1) is 0 Å². The third kappa shape index (κ3) is 5.08. The molecule has 0 aliphatic rings. The molecule has 0 fully saturated rings. The van der Waals surface area contributed by atoms with E-state index in [1.165, 1.54) is 22.3 Å². The maximum absolute atomic E-state index is 12.0. The molecule has 102 valence electrons. The highest BCUT2D eigenvalue weighted by molar-refractivity contribution is 5.37. The summed E-state index contributed by atoms with van der Waals surface area (Å²) < 4.78 is 35.9. The first kappa shape index (κ1) is 15.0. The number of alkyl halides is 3. The van der Waals surface area contributed by atoms with Gasteiger partial charge in [0.2, 0.25) is 0 Å². The summed E-state index contributed by atoms with van der Waals surface area (Å²) in [6.07, 6.45) is -4.63. The van der Waals surface area contributed by atoms with E-state index in [2.05, 4.69) is 17.4 Å². The first-order chi connectivity index (χ1) is 8.29. The largest absolute Gasteiger partial charge is 0.389 e. The van der Waals surface area contributed by atoms with Crippen LogP contribution in [0.2, 0.25) is 0 Å². The average Bonchev–Trinajstić information content (AvgIpc) is 2.19. The monoisotopic (exact) mass is 259 g/mol. The first-order valence-electron chi connectivity index (χ1n) is 6.14. The zero-order chi connectivity index (χ0) is 13.8. The highest BCUT2D eigenvalue weighted by Gasteiger charge is 2.25. The lowest BCUT2D eigenvalue weighted by molar-refractivity contribution is -0.135. The van der Waals surface area contributed by atoms with Crippen LogP contribution in [0.4, 0.5) is 13.2 Å². The second kappa shape index (κ2) is 6.23. The van der Waals surface area contributed by atoms with Gasteiger partial charge in [0.05, 0.1) is 0 Å². The number of hydrogen-bond acceptors (Lipinski definition) is 1. The van der Waals surface area contributed by atoms with E-state index < -0.39 is 12.6 Å². The lowest BCUT2D eigenvalue weighted by Gasteiger charge is -2.12. The smallest absolute Gasteiger partial charge is 0.313 e. The van der Waals surface area contributed by atoms with Crippen LogP contribution in [0.15, 0.2) is 12.1 Å². The number of halogens is 3. The number of hydrogen-bond donors (Lipinski definition) is 1. The van der Waals surface area contributed by atoms with E-state index >= 15 is 0 Å². The van der Waals surface area contributed by atoms with E-state index in [1.54, 1.807) is 0 Å². The van der Waals surface area contributed by atoms with E-state index in [0.29, 0.717) is 13.1 Å². The van der Waals surface area contributed by atoms with Crippen molar-refractivity contribution in [2.24, 2.45) is 0 Å². The van der Waals surface area contributed by atoms with Gasteiger partial charge in [-0.3, -0.25) is 0 Å². The van der Waals surface area contributed by atoms with Gasteiger partial charge in [-0.25, -0.2) is 0 Å². The van der Waals surface area contributed by atoms with Crippen LogP contribution in [0, 0.1) is 20.8 Å². The van der Waals surface area contributed by atoms with Gasteiger partial charge in [-0.05, 0) is 50.4 Å². The molecule has 0 saturated heterocycles. The van der Waals surface area contributed by atoms with Crippen molar-refractivity contribution in [3.8, 4) is 0 Å². The van der Waals surface area contributed by atoms with Crippen molar-refractivity contribution in [1.29, 1.82) is 0 Å². The fourth-order valence-electron chi connectivity index (χ4n) is 2.12. The fraction of sp³-hybridized carbons (Fsp3) is 0.571. The molecule has 0 heterocycles. The Kier molecular flexibility index (Phi) is 5.20. The van der Waals surface area contributed by atoms with Crippen molar-refractivity contribution in [2.75, 3.05) is 6.54 Å². The maximum Gasteiger partial charge on any atom is 0.389 e. The predicted octanol–water partition coefficient (Wildman–Crippen LogP) is 4.04. The number of benzene rings is 1. The minimum Gasteiger partial charge on any atom is -0.313 e. The van der Waals surface area contributed by atoms with E-state index in [4.69, 9.17) is 0 Å². The molecule has 1 aromatic rings. The lowest BCUT2D eigenvalue weighted by Crippen LogP contribution is -2.18. The van der Waals surface area contributed by atoms with Crippen molar-refractivity contribution in [3.63, 3.8) is 0 Å². The molecule has 0 aliphatic heterocycles. The third-order valence-corrected chi connectivity index (χ3v) is 2.96. The lowest BCUT2D eigenvalue weighted by atomic mass is 10.00. The molecule has 1 N–H and O–H groups in total. The molecule has 0 atom stereocenters. The summed E-state index contributed by atoms with van der Waals surface area (Å²) in [6.45, 7) is 7.14. The Morgan fingerprint density at radius 3 is 2.11 bits per heavy atom. The van der Waals surface area contributed by atoms with Crippen LogP contribution in [-0.4, -0.2) is 12.7 Å². The minimum atomic E-state index is -4.04. The van der Waals surface area contributed by atoms with Gasteiger partial charge in [0, 0.05) is 13.0 Å². The van der Waals surface area contributed by atoms with Gasteiger partial charge in [-0.1, -0.05) is 17.7 Å². The molecule has 0 unspecified atom stereocenters. The van der Waals surface area contributed by atoms with E-state index in [0.717, 1.165) is 0 Å². The van der Waals surface area contributed by atoms with Crippen LogP contribution in [0.5, 0.6) is 0 Å². The van der Waals surface area contributed by atoms with Crippen molar-refractivity contribution in [1.82, 2.24) is 5.32 Å². The Balaban J connectivity index is 2.41. The zero-order valence-electron chi connectivity index (χ0n) is 11.1. The van der Waals surface area contributed by atoms with Crippen molar-refractivity contribution in [2.45, 2.75) is 46.3 Å². The molecule has 0 saturated carbocycles. The topological polar surface area (TPSA) is 12.0 Å². The SMILES string of the molecule is Cc1cc(C)c(CNCCCC(F)(F)F)c(C)c1. The zero-order valence-corrected chi connectivity index (χ0v) is 11.1. The number of aryl methyl sites for hydroxylation is 3. The summed E-state index contributed by atoms with van der Waals surface area (Å²) in [7, 11) is 0. The van der Waals surface area contributed by atoms with E-state index in [-0.39, 0.29) is 6.42 Å². The normalized spacial score (nSPS) is 11.9. The van der Waals surface area contributed by atoms with E-state index in [9.17, 15) is 13.2 Å². The maximum atomic E-state index is 12.0. The molecule has 1 nitrogen and oxygen atoms in total. The molecule has 0 bridgehead atoms. The molecule has 0 aliphatic carbocycles. The van der Waals surface area contributed by atoms with Crippen LogP contribution >= 0.6 is 0 Å². The molecular formula is C14H20F3N. The van der Waals surface area contributed by atoms with Crippen molar-refractivity contribution in [3.05, 3.63) is 34.4 Å². The Bertz CT molecular complexity index is 374. The second-order valence-corrected chi connectivity index (χ2v) is 4.77. The average molecular weight is 259 g/mol. The molecule has 1 rings (SSSR count). The molecular weight excluding hydrogens is 239 g/mol. The van der Waals surface area contributed by atoms with Crippen LogP contribution in [-0.2, 0) is 6.54 Å². The van der Waals surface area contributed by atoms with Crippen molar-refractivity contribution < 1.29 is 13.2 Å². The summed E-state index contributed by atoms with van der Waals surface area (Å²) in [5.74, 6) is 0. The standard InChI is InChI=1S/C14H20F3N/c1-10-7-11(2)13(12(3)8-10)9-18-6-4-5-14(15,16)17/h7-8,18H,4-6,9H2,1-3H3. The molecule has 4 heteroatoms. The summed E-state index contributed by atoms with van der Waals surface area (Å²) in [5.41, 5.74) is 4.78. The molecule has 0 amide bonds. The van der Waals surface area contributed by atoms with Gasteiger partial charge in [0.15, 0.2) is 0 Å². The minimum absolute atomic E-state index is 0.132. The van der Waals surface area contributed by atoms with Gasteiger partial charge >= 0.3 is 6.18 Å². The Morgan fingerprint density at radius 1 is 1.06 bits per heavy atom. The Labute approximate surface area is 106 Å². The summed E-state index contributed by atoms with van der Waals surface area (Å²) in [4.78, 5) is 0. The summed E-state index contributed by atoms with van der Waals surface area (Å²) in [5, 5.41) is 3.08. The van der Waals surface area contributed by atoms with Crippen LogP contribution in [0.3, 0.4) is 0 Å². The molecule has 0 aromatic heterocycles. The van der Waals surface area contributed by atoms with Gasteiger partial charge in [0.1, 0.15) is 0 Å². The summed E-state index contributed by atoms with van der Waals surface area (Å²) in [6, 6.07) is 4.19. The summed E-state index contributed by atoms with van der Waals surface area (Å²) >= 11 is 0. The molecule has 18 heavy (non-hydrogen) atoms. The van der Waals surface area contributed by atoms with Gasteiger partial charge in [0.25, 0.3) is 0 Å². The quantitative estimate of drug-likeness (QED) is 0.787. The highest BCUT2D eigenvalue weighted by Crippen LogP contribution is 2.21. The Morgan fingerprint density at radius 2 is 1.61 bits per heavy atom. The highest BCUT2D eigenvalue weighted by atomic mass is 19.4. The first-order valence-corrected chi connectivity index (χ1v) is 6.14. The predicted molar refractivity (Wildman–Crippen MR) is 67.6 cm³/mol. The van der Waals surface area contributed by atoms with Crippen LogP contribution in [0.25, 0.3) is 0 Å². The second-order valence-electron chi connectivity index (χ2n) is 4.77.